The van der Waals surface area contributed by atoms with Gasteiger partial charge in [0.05, 0.1) is 21.7 Å². The van der Waals surface area contributed by atoms with Crippen LogP contribution in [0.3, 0.4) is 0 Å². The maximum Gasteiger partial charge on any atom is 0.416 e. The molecule has 0 aliphatic rings. The van der Waals surface area contributed by atoms with E-state index in [0.717, 1.165) is 18.2 Å². The Kier molecular flexibility index (Phi) is 4.54. The van der Waals surface area contributed by atoms with Crippen molar-refractivity contribution in [2.45, 2.75) is 11.1 Å². The van der Waals surface area contributed by atoms with Crippen molar-refractivity contribution < 1.29 is 21.6 Å². The molecular weight excluding hydrogens is 353 g/mol. The first-order chi connectivity index (χ1) is 10.6. The fourth-order valence-electron chi connectivity index (χ4n) is 1.74. The monoisotopic (exact) mass is 360 g/mol. The zero-order chi connectivity index (χ0) is 17.3. The molecule has 0 radical (unpaired) electrons. The summed E-state index contributed by atoms with van der Waals surface area (Å²) in [6.45, 7) is 0. The van der Waals surface area contributed by atoms with Gasteiger partial charge in [0.2, 0.25) is 0 Å². The molecule has 0 unspecified atom stereocenters. The Hall–Kier alpha value is -2.24. The molecule has 23 heavy (non-hydrogen) atoms. The van der Waals surface area contributed by atoms with Gasteiger partial charge >= 0.3 is 6.18 Å². The molecule has 0 atom stereocenters. The molecule has 0 bridgehead atoms. The number of halogens is 4. The van der Waals surface area contributed by atoms with Gasteiger partial charge in [0.15, 0.2) is 0 Å². The van der Waals surface area contributed by atoms with Gasteiger partial charge in [0.25, 0.3) is 10.0 Å². The molecular formula is C14H8ClF3N2O2S. The van der Waals surface area contributed by atoms with Crippen LogP contribution in [-0.2, 0) is 16.2 Å². The lowest BCUT2D eigenvalue weighted by Crippen LogP contribution is -2.15. The van der Waals surface area contributed by atoms with E-state index in [1.807, 2.05) is 0 Å². The number of benzene rings is 2. The summed E-state index contributed by atoms with van der Waals surface area (Å²) in [6, 6.07) is 8.94. The van der Waals surface area contributed by atoms with E-state index < -0.39 is 26.7 Å². The van der Waals surface area contributed by atoms with E-state index in [1.54, 1.807) is 6.07 Å². The van der Waals surface area contributed by atoms with Gasteiger partial charge in [-0.05, 0) is 36.4 Å². The van der Waals surface area contributed by atoms with Crippen LogP contribution in [0.1, 0.15) is 11.1 Å². The van der Waals surface area contributed by atoms with E-state index >= 15 is 0 Å². The smallest absolute Gasteiger partial charge is 0.278 e. The minimum Gasteiger partial charge on any atom is -0.278 e. The predicted octanol–water partition coefficient (Wildman–Crippen LogP) is 4.03. The molecule has 120 valence electrons. The number of hydrogen-bond acceptors (Lipinski definition) is 3. The lowest BCUT2D eigenvalue weighted by molar-refractivity contribution is -0.137. The van der Waals surface area contributed by atoms with Crippen LogP contribution in [0.4, 0.5) is 18.9 Å². The molecule has 0 saturated heterocycles. The quantitative estimate of drug-likeness (QED) is 0.898. The van der Waals surface area contributed by atoms with E-state index in [2.05, 4.69) is 4.72 Å². The summed E-state index contributed by atoms with van der Waals surface area (Å²) in [5, 5.41) is 9.12. The number of hydrogen-bond donors (Lipinski definition) is 1. The third-order valence-corrected chi connectivity index (χ3v) is 4.42. The Labute approximate surface area is 135 Å². The highest BCUT2D eigenvalue weighted by molar-refractivity contribution is 7.92. The minimum absolute atomic E-state index is 0.00930. The number of rotatable bonds is 3. The highest BCUT2D eigenvalue weighted by Gasteiger charge is 2.31. The van der Waals surface area contributed by atoms with Gasteiger partial charge < -0.3 is 0 Å². The average molecular weight is 361 g/mol. The normalized spacial score (nSPS) is 11.8. The fraction of sp³-hybridized carbons (Fsp3) is 0.0714. The summed E-state index contributed by atoms with van der Waals surface area (Å²) in [5.41, 5.74) is -1.21. The number of anilines is 1. The van der Waals surface area contributed by atoms with E-state index in [-0.39, 0.29) is 16.3 Å². The van der Waals surface area contributed by atoms with Crippen molar-refractivity contribution in [1.82, 2.24) is 0 Å². The third kappa shape index (κ3) is 3.94. The maximum absolute atomic E-state index is 12.7. The molecule has 0 amide bonds. The number of nitriles is 1. The Morgan fingerprint density at radius 2 is 1.83 bits per heavy atom. The second-order valence-corrected chi connectivity index (χ2v) is 6.55. The van der Waals surface area contributed by atoms with Gasteiger partial charge in [-0.3, -0.25) is 4.72 Å². The van der Waals surface area contributed by atoms with Gasteiger partial charge in [-0.2, -0.15) is 18.4 Å². The topological polar surface area (TPSA) is 70.0 Å². The molecule has 9 heteroatoms. The van der Waals surface area contributed by atoms with Gasteiger partial charge in [0.1, 0.15) is 6.07 Å². The van der Waals surface area contributed by atoms with Crippen LogP contribution in [0, 0.1) is 11.3 Å². The molecule has 0 spiro atoms. The second kappa shape index (κ2) is 6.10. The highest BCUT2D eigenvalue weighted by Crippen LogP contribution is 2.31. The Balaban J connectivity index is 2.45. The van der Waals surface area contributed by atoms with Crippen LogP contribution in [0.5, 0.6) is 0 Å². The molecule has 0 fully saturated rings. The van der Waals surface area contributed by atoms with Gasteiger partial charge in [-0.25, -0.2) is 8.42 Å². The molecule has 1 N–H and O–H groups in total. The Morgan fingerprint density at radius 1 is 1.13 bits per heavy atom. The number of alkyl halides is 3. The van der Waals surface area contributed by atoms with Crippen molar-refractivity contribution in [1.29, 1.82) is 5.26 Å². The van der Waals surface area contributed by atoms with Crippen molar-refractivity contribution >= 4 is 27.3 Å². The molecule has 0 aliphatic heterocycles. The molecule has 2 rings (SSSR count). The summed E-state index contributed by atoms with van der Waals surface area (Å²) in [6.07, 6.45) is -4.67. The summed E-state index contributed by atoms with van der Waals surface area (Å²) in [7, 11) is -4.31. The molecule has 0 saturated carbocycles. The second-order valence-electron chi connectivity index (χ2n) is 4.43. The molecule has 0 heterocycles. The number of nitrogens with zero attached hydrogens (tertiary/aromatic N) is 1. The van der Waals surface area contributed by atoms with E-state index in [9.17, 15) is 21.6 Å². The summed E-state index contributed by atoms with van der Waals surface area (Å²) < 4.78 is 64.6. The van der Waals surface area contributed by atoms with Crippen molar-refractivity contribution in [2.24, 2.45) is 0 Å². The lowest BCUT2D eigenvalue weighted by atomic mass is 10.2. The third-order valence-electron chi connectivity index (χ3n) is 2.82. The molecule has 4 nitrogen and oxygen atoms in total. The standard InChI is InChI=1S/C14H8ClF3N2O2S/c15-11-5-4-9(8-19)13(7-11)20-23(21,22)12-3-1-2-10(6-12)14(16,17)18/h1-7,20H. The number of sulfonamides is 1. The first kappa shape index (κ1) is 17.1. The van der Waals surface area contributed by atoms with E-state index in [1.165, 1.54) is 18.2 Å². The predicted molar refractivity (Wildman–Crippen MR) is 78.4 cm³/mol. The summed E-state index contributed by atoms with van der Waals surface area (Å²) >= 11 is 5.74. The van der Waals surface area contributed by atoms with E-state index in [4.69, 9.17) is 16.9 Å². The molecule has 2 aromatic carbocycles. The van der Waals surface area contributed by atoms with Gasteiger partial charge in [0, 0.05) is 5.02 Å². The van der Waals surface area contributed by atoms with Crippen LogP contribution in [-0.4, -0.2) is 8.42 Å². The highest BCUT2D eigenvalue weighted by atomic mass is 35.5. The van der Waals surface area contributed by atoms with Crippen molar-refractivity contribution in [3.8, 4) is 6.07 Å². The molecule has 0 aromatic heterocycles. The van der Waals surface area contributed by atoms with Gasteiger partial charge in [-0.15, -0.1) is 0 Å². The van der Waals surface area contributed by atoms with Crippen LogP contribution < -0.4 is 4.72 Å². The van der Waals surface area contributed by atoms with E-state index in [0.29, 0.717) is 6.07 Å². The zero-order valence-corrected chi connectivity index (χ0v) is 12.8. The van der Waals surface area contributed by atoms with Crippen LogP contribution in [0.2, 0.25) is 5.02 Å². The Bertz CT molecular complexity index is 890. The largest absolute Gasteiger partial charge is 0.416 e. The average Bonchev–Trinajstić information content (AvgIpc) is 2.46. The van der Waals surface area contributed by atoms with Crippen molar-refractivity contribution in [2.75, 3.05) is 4.72 Å². The van der Waals surface area contributed by atoms with Crippen molar-refractivity contribution in [3.63, 3.8) is 0 Å². The molecule has 0 aliphatic carbocycles. The summed E-state index contributed by atoms with van der Waals surface area (Å²) in [5.74, 6) is 0. The lowest BCUT2D eigenvalue weighted by Gasteiger charge is -2.12. The Morgan fingerprint density at radius 3 is 2.43 bits per heavy atom. The first-order valence-electron chi connectivity index (χ1n) is 6.03. The molecule has 2 aromatic rings. The van der Waals surface area contributed by atoms with Crippen LogP contribution in [0.25, 0.3) is 0 Å². The maximum atomic E-state index is 12.7. The zero-order valence-electron chi connectivity index (χ0n) is 11.2. The van der Waals surface area contributed by atoms with Crippen LogP contribution >= 0.6 is 11.6 Å². The fourth-order valence-corrected chi connectivity index (χ4v) is 3.03. The van der Waals surface area contributed by atoms with Crippen LogP contribution in [0.15, 0.2) is 47.4 Å². The van der Waals surface area contributed by atoms with Crippen molar-refractivity contribution in [3.05, 3.63) is 58.6 Å². The number of nitrogens with one attached hydrogen (secondary N) is 1. The van der Waals surface area contributed by atoms with Gasteiger partial charge in [-0.1, -0.05) is 17.7 Å². The minimum atomic E-state index is -4.67. The summed E-state index contributed by atoms with van der Waals surface area (Å²) in [4.78, 5) is -0.573. The first-order valence-corrected chi connectivity index (χ1v) is 7.89. The SMILES string of the molecule is N#Cc1ccc(Cl)cc1NS(=O)(=O)c1cccc(C(F)(F)F)c1.